The molecule has 3 aromatic rings. The van der Waals surface area contributed by atoms with E-state index in [0.29, 0.717) is 23.0 Å². The Morgan fingerprint density at radius 1 is 1.26 bits per heavy atom. The van der Waals surface area contributed by atoms with Gasteiger partial charge in [0.05, 0.1) is 12.9 Å². The number of benzene rings is 1. The fourth-order valence-corrected chi connectivity index (χ4v) is 3.13. The quantitative estimate of drug-likeness (QED) is 0.754. The molecule has 0 saturated heterocycles. The number of carbonyl (C=O) groups is 1. The molecule has 23 heavy (non-hydrogen) atoms. The SMILES string of the molecule is Cc1sc(-c2ccco2)nc1C(=O)NCc1ccccc1CO. The van der Waals surface area contributed by atoms with E-state index in [1.54, 1.807) is 12.3 Å². The first-order valence-corrected chi connectivity index (χ1v) is 7.98. The van der Waals surface area contributed by atoms with Crippen LogP contribution in [0.15, 0.2) is 47.1 Å². The van der Waals surface area contributed by atoms with Crippen molar-refractivity contribution in [3.8, 4) is 10.8 Å². The first-order valence-electron chi connectivity index (χ1n) is 7.16. The molecule has 0 bridgehead atoms. The summed E-state index contributed by atoms with van der Waals surface area (Å²) in [7, 11) is 0. The highest BCUT2D eigenvalue weighted by Crippen LogP contribution is 2.27. The van der Waals surface area contributed by atoms with Crippen LogP contribution >= 0.6 is 11.3 Å². The number of aliphatic hydroxyl groups excluding tert-OH is 1. The average Bonchev–Trinajstić information content (AvgIpc) is 3.22. The molecule has 3 rings (SSSR count). The van der Waals surface area contributed by atoms with E-state index in [9.17, 15) is 9.90 Å². The fourth-order valence-electron chi connectivity index (χ4n) is 2.26. The molecule has 2 N–H and O–H groups in total. The number of aromatic nitrogens is 1. The van der Waals surface area contributed by atoms with Gasteiger partial charge in [-0.05, 0) is 30.2 Å². The van der Waals surface area contributed by atoms with Gasteiger partial charge in [-0.25, -0.2) is 4.98 Å². The smallest absolute Gasteiger partial charge is 0.271 e. The lowest BCUT2D eigenvalue weighted by atomic mass is 10.1. The Hall–Kier alpha value is -2.44. The Morgan fingerprint density at radius 2 is 2.04 bits per heavy atom. The summed E-state index contributed by atoms with van der Waals surface area (Å²) in [5.74, 6) is 0.423. The van der Waals surface area contributed by atoms with Crippen LogP contribution in [-0.4, -0.2) is 16.0 Å². The van der Waals surface area contributed by atoms with E-state index in [2.05, 4.69) is 10.3 Å². The number of amides is 1. The summed E-state index contributed by atoms with van der Waals surface area (Å²) >= 11 is 1.42. The number of carbonyl (C=O) groups excluding carboxylic acids is 1. The second-order valence-corrected chi connectivity index (χ2v) is 6.21. The molecule has 0 atom stereocenters. The predicted molar refractivity (Wildman–Crippen MR) is 88.1 cm³/mol. The number of aliphatic hydroxyl groups is 1. The molecule has 6 heteroatoms. The number of hydrogen-bond acceptors (Lipinski definition) is 5. The van der Waals surface area contributed by atoms with Crippen LogP contribution in [0.1, 0.15) is 26.5 Å². The van der Waals surface area contributed by atoms with Crippen LogP contribution in [0.25, 0.3) is 10.8 Å². The number of furan rings is 1. The Labute approximate surface area is 137 Å². The Kier molecular flexibility index (Phi) is 4.55. The largest absolute Gasteiger partial charge is 0.462 e. The van der Waals surface area contributed by atoms with Gasteiger partial charge in [0.15, 0.2) is 10.8 Å². The van der Waals surface area contributed by atoms with Crippen molar-refractivity contribution in [2.75, 3.05) is 0 Å². The topological polar surface area (TPSA) is 75.4 Å². The van der Waals surface area contributed by atoms with Gasteiger partial charge in [-0.2, -0.15) is 0 Å². The molecule has 2 heterocycles. The van der Waals surface area contributed by atoms with Crippen LogP contribution in [0.4, 0.5) is 0 Å². The third-order valence-electron chi connectivity index (χ3n) is 3.47. The van der Waals surface area contributed by atoms with Gasteiger partial charge in [0.1, 0.15) is 5.69 Å². The van der Waals surface area contributed by atoms with Gasteiger partial charge in [0.25, 0.3) is 5.91 Å². The van der Waals surface area contributed by atoms with Crippen LogP contribution in [0.3, 0.4) is 0 Å². The Bertz CT molecular complexity index is 809. The maximum atomic E-state index is 12.4. The summed E-state index contributed by atoms with van der Waals surface area (Å²) in [5, 5.41) is 12.9. The number of hydrogen-bond donors (Lipinski definition) is 2. The van der Waals surface area contributed by atoms with E-state index in [0.717, 1.165) is 16.0 Å². The zero-order valence-corrected chi connectivity index (χ0v) is 13.4. The van der Waals surface area contributed by atoms with E-state index in [1.807, 2.05) is 37.3 Å². The van der Waals surface area contributed by atoms with Gasteiger partial charge < -0.3 is 14.8 Å². The minimum Gasteiger partial charge on any atom is -0.462 e. The molecule has 0 aliphatic carbocycles. The van der Waals surface area contributed by atoms with E-state index in [1.165, 1.54) is 11.3 Å². The normalized spacial score (nSPS) is 10.7. The summed E-state index contributed by atoms with van der Waals surface area (Å²) in [6.07, 6.45) is 1.58. The summed E-state index contributed by atoms with van der Waals surface area (Å²) in [6.45, 7) is 2.16. The van der Waals surface area contributed by atoms with Gasteiger partial charge in [0, 0.05) is 11.4 Å². The number of rotatable bonds is 5. The summed E-state index contributed by atoms with van der Waals surface area (Å²) in [4.78, 5) is 17.6. The van der Waals surface area contributed by atoms with Crippen LogP contribution in [-0.2, 0) is 13.2 Å². The van der Waals surface area contributed by atoms with Crippen molar-refractivity contribution in [2.45, 2.75) is 20.1 Å². The third-order valence-corrected chi connectivity index (χ3v) is 4.46. The molecule has 0 fully saturated rings. The van der Waals surface area contributed by atoms with Crippen LogP contribution in [0, 0.1) is 6.92 Å². The van der Waals surface area contributed by atoms with Crippen molar-refractivity contribution in [3.05, 3.63) is 64.4 Å². The van der Waals surface area contributed by atoms with Crippen molar-refractivity contribution in [3.63, 3.8) is 0 Å². The third kappa shape index (κ3) is 3.33. The first kappa shape index (κ1) is 15.5. The maximum Gasteiger partial charge on any atom is 0.271 e. The van der Waals surface area contributed by atoms with Gasteiger partial charge in [0.2, 0.25) is 0 Å². The lowest BCUT2D eigenvalue weighted by Gasteiger charge is -2.08. The zero-order valence-electron chi connectivity index (χ0n) is 12.6. The van der Waals surface area contributed by atoms with Gasteiger partial charge in [-0.15, -0.1) is 11.3 Å². The molecule has 1 amide bonds. The molecule has 5 nitrogen and oxygen atoms in total. The average molecular weight is 328 g/mol. The van der Waals surface area contributed by atoms with Crippen LogP contribution < -0.4 is 5.32 Å². The minimum atomic E-state index is -0.232. The summed E-state index contributed by atoms with van der Waals surface area (Å²) < 4.78 is 5.32. The second kappa shape index (κ2) is 6.76. The number of nitrogens with zero attached hydrogens (tertiary/aromatic N) is 1. The highest BCUT2D eigenvalue weighted by molar-refractivity contribution is 7.15. The van der Waals surface area contributed by atoms with Gasteiger partial charge in [-0.3, -0.25) is 4.79 Å². The first-order chi connectivity index (χ1) is 11.2. The second-order valence-electron chi connectivity index (χ2n) is 5.01. The number of nitrogens with one attached hydrogen (secondary N) is 1. The van der Waals surface area contributed by atoms with Gasteiger partial charge >= 0.3 is 0 Å². The number of thiazole rings is 1. The molecular formula is C17H16N2O3S. The van der Waals surface area contributed by atoms with Crippen LogP contribution in [0.5, 0.6) is 0 Å². The highest BCUT2D eigenvalue weighted by atomic mass is 32.1. The lowest BCUT2D eigenvalue weighted by Crippen LogP contribution is -2.24. The van der Waals surface area contributed by atoms with Crippen LogP contribution in [0.2, 0.25) is 0 Å². The maximum absolute atomic E-state index is 12.4. The lowest BCUT2D eigenvalue weighted by molar-refractivity contribution is 0.0945. The molecule has 0 aliphatic heterocycles. The fraction of sp³-hybridized carbons (Fsp3) is 0.176. The molecule has 1 aromatic carbocycles. The zero-order chi connectivity index (χ0) is 16.2. The van der Waals surface area contributed by atoms with Crippen molar-refractivity contribution >= 4 is 17.2 Å². The van der Waals surface area contributed by atoms with E-state index in [-0.39, 0.29) is 12.5 Å². The molecule has 0 unspecified atom stereocenters. The summed E-state index contributed by atoms with van der Waals surface area (Å²) in [6, 6.07) is 11.1. The standard InChI is InChI=1S/C17H16N2O3S/c1-11-15(19-17(23-11)14-7-4-8-22-14)16(21)18-9-12-5-2-3-6-13(12)10-20/h2-8,20H,9-10H2,1H3,(H,18,21). The molecule has 0 spiro atoms. The number of aryl methyl sites for hydroxylation is 1. The van der Waals surface area contributed by atoms with Crippen molar-refractivity contribution in [2.24, 2.45) is 0 Å². The highest BCUT2D eigenvalue weighted by Gasteiger charge is 2.17. The van der Waals surface area contributed by atoms with E-state index >= 15 is 0 Å². The minimum absolute atomic E-state index is 0.0512. The molecule has 2 aromatic heterocycles. The Morgan fingerprint density at radius 3 is 2.74 bits per heavy atom. The van der Waals surface area contributed by atoms with E-state index in [4.69, 9.17) is 4.42 Å². The van der Waals surface area contributed by atoms with Gasteiger partial charge in [-0.1, -0.05) is 24.3 Å². The molecule has 118 valence electrons. The summed E-state index contributed by atoms with van der Waals surface area (Å²) in [5.41, 5.74) is 2.10. The van der Waals surface area contributed by atoms with Crippen molar-refractivity contribution in [1.29, 1.82) is 0 Å². The molecule has 0 aliphatic rings. The predicted octanol–water partition coefficient (Wildman–Crippen LogP) is 3.13. The molecule has 0 radical (unpaired) electrons. The molecular weight excluding hydrogens is 312 g/mol. The Balaban J connectivity index is 1.74. The van der Waals surface area contributed by atoms with Crippen molar-refractivity contribution in [1.82, 2.24) is 10.3 Å². The van der Waals surface area contributed by atoms with E-state index < -0.39 is 0 Å². The molecule has 0 saturated carbocycles. The monoisotopic (exact) mass is 328 g/mol. The van der Waals surface area contributed by atoms with Crippen molar-refractivity contribution < 1.29 is 14.3 Å².